The number of nitrogens with zero attached hydrogens (tertiary/aromatic N) is 1. The molecule has 0 saturated carbocycles. The number of carbonyl (C=O) groups is 2. The van der Waals surface area contributed by atoms with Crippen LogP contribution in [0.1, 0.15) is 29.6 Å². The number of hydrogen-bond acceptors (Lipinski definition) is 3. The first kappa shape index (κ1) is 18.5. The maximum absolute atomic E-state index is 13.5. The minimum atomic E-state index is -0.267. The number of benzene rings is 2. The fraction of sp³-hybridized carbons (Fsp3) is 0.300. The highest BCUT2D eigenvalue weighted by molar-refractivity contribution is 7.99. The maximum atomic E-state index is 13.5. The van der Waals surface area contributed by atoms with Gasteiger partial charge in [0, 0.05) is 41.4 Å². The number of nitrogens with one attached hydrogen (secondary N) is 1. The lowest BCUT2D eigenvalue weighted by molar-refractivity contribution is -0.115. The van der Waals surface area contributed by atoms with Crippen molar-refractivity contribution >= 4 is 29.3 Å². The molecule has 0 radical (unpaired) electrons. The average Bonchev–Trinajstić information content (AvgIpc) is 3.18. The molecular formula is C20H21FN2O2S. The van der Waals surface area contributed by atoms with Gasteiger partial charge in [-0.05, 0) is 49.2 Å². The van der Waals surface area contributed by atoms with E-state index >= 15 is 0 Å². The highest BCUT2D eigenvalue weighted by Gasteiger charge is 2.19. The third-order valence-corrected chi connectivity index (χ3v) is 5.28. The Kier molecular flexibility index (Phi) is 6.28. The van der Waals surface area contributed by atoms with E-state index in [1.54, 1.807) is 42.5 Å². The maximum Gasteiger partial charge on any atom is 0.253 e. The van der Waals surface area contributed by atoms with Crippen molar-refractivity contribution in [1.82, 2.24) is 4.90 Å². The third kappa shape index (κ3) is 4.85. The first-order chi connectivity index (χ1) is 12.6. The van der Waals surface area contributed by atoms with Gasteiger partial charge in [0.05, 0.1) is 0 Å². The van der Waals surface area contributed by atoms with Crippen LogP contribution in [0.4, 0.5) is 10.1 Å². The number of hydrogen-bond donors (Lipinski definition) is 1. The molecular weight excluding hydrogens is 351 g/mol. The van der Waals surface area contributed by atoms with Gasteiger partial charge in [0.25, 0.3) is 5.91 Å². The molecule has 0 atom stereocenters. The van der Waals surface area contributed by atoms with Crippen LogP contribution in [0.3, 0.4) is 0 Å². The van der Waals surface area contributed by atoms with E-state index in [4.69, 9.17) is 0 Å². The van der Waals surface area contributed by atoms with Crippen LogP contribution in [-0.4, -0.2) is 35.6 Å². The number of likely N-dealkylation sites (tertiary alicyclic amines) is 1. The molecule has 136 valence electrons. The van der Waals surface area contributed by atoms with Crippen LogP contribution in [0.25, 0.3) is 0 Å². The average molecular weight is 372 g/mol. The zero-order valence-corrected chi connectivity index (χ0v) is 15.2. The van der Waals surface area contributed by atoms with E-state index < -0.39 is 0 Å². The van der Waals surface area contributed by atoms with Crippen molar-refractivity contribution in [3.63, 3.8) is 0 Å². The topological polar surface area (TPSA) is 49.4 Å². The van der Waals surface area contributed by atoms with Gasteiger partial charge in [-0.25, -0.2) is 4.39 Å². The van der Waals surface area contributed by atoms with Gasteiger partial charge in [-0.2, -0.15) is 0 Å². The monoisotopic (exact) mass is 372 g/mol. The molecule has 0 unspecified atom stereocenters. The zero-order chi connectivity index (χ0) is 18.4. The van der Waals surface area contributed by atoms with Crippen LogP contribution in [0.15, 0.2) is 53.4 Å². The first-order valence-electron chi connectivity index (χ1n) is 8.70. The van der Waals surface area contributed by atoms with E-state index in [0.29, 0.717) is 21.9 Å². The molecule has 0 spiro atoms. The SMILES string of the molecule is O=C(CCSc1ccccc1F)Nc1ccc(C(=O)N2CCCC2)cc1. The van der Waals surface area contributed by atoms with Crippen LogP contribution in [0.2, 0.25) is 0 Å². The van der Waals surface area contributed by atoms with Crippen molar-refractivity contribution in [2.24, 2.45) is 0 Å². The predicted molar refractivity (Wildman–Crippen MR) is 102 cm³/mol. The summed E-state index contributed by atoms with van der Waals surface area (Å²) in [6.07, 6.45) is 2.41. The molecule has 3 rings (SSSR count). The fourth-order valence-electron chi connectivity index (χ4n) is 2.84. The summed E-state index contributed by atoms with van der Waals surface area (Å²) in [4.78, 5) is 26.7. The summed E-state index contributed by atoms with van der Waals surface area (Å²) < 4.78 is 13.5. The van der Waals surface area contributed by atoms with E-state index in [1.807, 2.05) is 4.90 Å². The quantitative estimate of drug-likeness (QED) is 0.774. The van der Waals surface area contributed by atoms with Crippen molar-refractivity contribution in [1.29, 1.82) is 0 Å². The molecule has 2 aromatic carbocycles. The molecule has 2 aromatic rings. The Morgan fingerprint density at radius 2 is 1.73 bits per heavy atom. The van der Waals surface area contributed by atoms with E-state index in [9.17, 15) is 14.0 Å². The fourth-order valence-corrected chi connectivity index (χ4v) is 3.73. The van der Waals surface area contributed by atoms with Gasteiger partial charge in [0.15, 0.2) is 0 Å². The normalized spacial score (nSPS) is 13.7. The molecule has 4 nitrogen and oxygen atoms in total. The molecule has 0 aromatic heterocycles. The van der Waals surface area contributed by atoms with Gasteiger partial charge in [0.2, 0.25) is 5.91 Å². The molecule has 2 amide bonds. The second kappa shape index (κ2) is 8.85. The van der Waals surface area contributed by atoms with Gasteiger partial charge >= 0.3 is 0 Å². The van der Waals surface area contributed by atoms with E-state index in [-0.39, 0.29) is 24.1 Å². The highest BCUT2D eigenvalue weighted by atomic mass is 32.2. The Balaban J connectivity index is 1.47. The summed E-state index contributed by atoms with van der Waals surface area (Å²) in [6.45, 7) is 1.63. The van der Waals surface area contributed by atoms with Gasteiger partial charge in [-0.15, -0.1) is 11.8 Å². The first-order valence-corrected chi connectivity index (χ1v) is 9.68. The van der Waals surface area contributed by atoms with E-state index in [1.165, 1.54) is 17.8 Å². The summed E-state index contributed by atoms with van der Waals surface area (Å²) in [7, 11) is 0. The van der Waals surface area contributed by atoms with E-state index in [0.717, 1.165) is 25.9 Å². The summed E-state index contributed by atoms with van der Waals surface area (Å²) in [5.41, 5.74) is 1.30. The number of halogens is 1. The van der Waals surface area contributed by atoms with E-state index in [2.05, 4.69) is 5.32 Å². The van der Waals surface area contributed by atoms with Gasteiger partial charge in [-0.1, -0.05) is 12.1 Å². The third-order valence-electron chi connectivity index (χ3n) is 4.23. The number of thioether (sulfide) groups is 1. The van der Waals surface area contributed by atoms with Gasteiger partial charge in [0.1, 0.15) is 5.82 Å². The lowest BCUT2D eigenvalue weighted by Gasteiger charge is -2.15. The number of rotatable bonds is 6. The van der Waals surface area contributed by atoms with Gasteiger partial charge < -0.3 is 10.2 Å². The van der Waals surface area contributed by atoms with Crippen LogP contribution in [0.5, 0.6) is 0 Å². The van der Waals surface area contributed by atoms with Crippen molar-refractivity contribution in [2.45, 2.75) is 24.2 Å². The number of anilines is 1. The van der Waals surface area contributed by atoms with Crippen LogP contribution >= 0.6 is 11.8 Å². The standard InChI is InChI=1S/C20H21FN2O2S/c21-17-5-1-2-6-18(17)26-14-11-19(24)22-16-9-7-15(8-10-16)20(25)23-12-3-4-13-23/h1-2,5-10H,3-4,11-14H2,(H,22,24). The van der Waals surface area contributed by atoms with Crippen LogP contribution < -0.4 is 5.32 Å². The summed E-state index contributed by atoms with van der Waals surface area (Å²) in [6, 6.07) is 13.5. The smallest absolute Gasteiger partial charge is 0.253 e. The Morgan fingerprint density at radius 3 is 2.42 bits per heavy atom. The lowest BCUT2D eigenvalue weighted by Crippen LogP contribution is -2.27. The van der Waals surface area contributed by atoms with Crippen LogP contribution in [-0.2, 0) is 4.79 Å². The summed E-state index contributed by atoms with van der Waals surface area (Å²) in [5.74, 6) is 0.142. The largest absolute Gasteiger partial charge is 0.339 e. The minimum Gasteiger partial charge on any atom is -0.339 e. The second-order valence-electron chi connectivity index (χ2n) is 6.15. The molecule has 6 heteroatoms. The summed E-state index contributed by atoms with van der Waals surface area (Å²) >= 11 is 1.32. The molecule has 0 aliphatic carbocycles. The minimum absolute atomic E-state index is 0.0432. The zero-order valence-electron chi connectivity index (χ0n) is 14.4. The van der Waals surface area contributed by atoms with Gasteiger partial charge in [-0.3, -0.25) is 9.59 Å². The van der Waals surface area contributed by atoms with Crippen molar-refractivity contribution in [3.05, 3.63) is 59.9 Å². The Bertz CT molecular complexity index is 774. The number of amides is 2. The molecule has 1 N–H and O–H groups in total. The Hall–Kier alpha value is -2.34. The number of carbonyl (C=O) groups excluding carboxylic acids is 2. The molecule has 1 saturated heterocycles. The van der Waals surface area contributed by atoms with Crippen molar-refractivity contribution in [2.75, 3.05) is 24.2 Å². The molecule has 1 heterocycles. The molecule has 26 heavy (non-hydrogen) atoms. The predicted octanol–water partition coefficient (Wildman–Crippen LogP) is 4.18. The molecule has 1 aliphatic heterocycles. The molecule has 1 fully saturated rings. The van der Waals surface area contributed by atoms with Crippen LogP contribution in [0, 0.1) is 5.82 Å². The highest BCUT2D eigenvalue weighted by Crippen LogP contribution is 2.22. The van der Waals surface area contributed by atoms with Crippen molar-refractivity contribution in [3.8, 4) is 0 Å². The lowest BCUT2D eigenvalue weighted by atomic mass is 10.2. The van der Waals surface area contributed by atoms with Crippen molar-refractivity contribution < 1.29 is 14.0 Å². The Morgan fingerprint density at radius 1 is 1.04 bits per heavy atom. The molecule has 0 bridgehead atoms. The molecule has 1 aliphatic rings. The Labute approximate surface area is 156 Å². The second-order valence-corrected chi connectivity index (χ2v) is 7.29. The summed E-state index contributed by atoms with van der Waals surface area (Å²) in [5, 5.41) is 2.81.